The van der Waals surface area contributed by atoms with Gasteiger partial charge in [0.1, 0.15) is 5.82 Å². The lowest BCUT2D eigenvalue weighted by atomic mass is 10.2. The number of amides is 1. The van der Waals surface area contributed by atoms with Crippen molar-refractivity contribution in [1.82, 2.24) is 5.32 Å². The number of halogens is 1. The Morgan fingerprint density at radius 2 is 1.96 bits per heavy atom. The summed E-state index contributed by atoms with van der Waals surface area (Å²) < 4.78 is 13.0. The molecule has 0 aliphatic rings. The Labute approximate surface area is 152 Å². The monoisotopic (exact) mass is 377 g/mol. The van der Waals surface area contributed by atoms with Gasteiger partial charge < -0.3 is 5.32 Å². The SMILES string of the molecule is O=C(NCCSCc1ccsc1)c1ccc(-c2ccc(F)cc2)s1. The quantitative estimate of drug-likeness (QED) is 0.568. The van der Waals surface area contributed by atoms with E-state index in [1.807, 2.05) is 23.9 Å². The fraction of sp³-hybridized carbons (Fsp3) is 0.167. The molecule has 1 N–H and O–H groups in total. The van der Waals surface area contributed by atoms with Crippen LogP contribution in [0.5, 0.6) is 0 Å². The molecule has 1 aromatic carbocycles. The van der Waals surface area contributed by atoms with E-state index in [2.05, 4.69) is 22.1 Å². The zero-order chi connectivity index (χ0) is 16.8. The second-order valence-electron chi connectivity index (χ2n) is 5.11. The van der Waals surface area contributed by atoms with E-state index in [9.17, 15) is 9.18 Å². The van der Waals surface area contributed by atoms with Gasteiger partial charge >= 0.3 is 0 Å². The molecule has 0 unspecified atom stereocenters. The predicted octanol–water partition coefficient (Wildman–Crippen LogP) is 5.28. The molecule has 0 aliphatic carbocycles. The molecule has 124 valence electrons. The third-order valence-corrected chi connectivity index (χ3v) is 6.23. The van der Waals surface area contributed by atoms with Crippen LogP contribution in [0.4, 0.5) is 4.39 Å². The van der Waals surface area contributed by atoms with Gasteiger partial charge in [-0.05, 0) is 52.2 Å². The van der Waals surface area contributed by atoms with Crippen molar-refractivity contribution in [2.75, 3.05) is 12.3 Å². The van der Waals surface area contributed by atoms with Gasteiger partial charge in [-0.2, -0.15) is 23.1 Å². The van der Waals surface area contributed by atoms with Crippen LogP contribution in [0.15, 0.2) is 53.2 Å². The molecule has 24 heavy (non-hydrogen) atoms. The molecule has 3 rings (SSSR count). The number of nitrogens with one attached hydrogen (secondary N) is 1. The third kappa shape index (κ3) is 4.69. The van der Waals surface area contributed by atoms with Crippen LogP contribution in [0.25, 0.3) is 10.4 Å². The van der Waals surface area contributed by atoms with Crippen LogP contribution in [-0.4, -0.2) is 18.2 Å². The molecule has 1 amide bonds. The van der Waals surface area contributed by atoms with Gasteiger partial charge in [0.25, 0.3) is 5.91 Å². The highest BCUT2D eigenvalue weighted by atomic mass is 32.2. The maximum Gasteiger partial charge on any atom is 0.261 e. The van der Waals surface area contributed by atoms with Crippen molar-refractivity contribution < 1.29 is 9.18 Å². The second-order valence-corrected chi connectivity index (χ2v) is 8.08. The van der Waals surface area contributed by atoms with Crippen LogP contribution in [0.3, 0.4) is 0 Å². The first-order valence-corrected chi connectivity index (χ1v) is 10.4. The summed E-state index contributed by atoms with van der Waals surface area (Å²) in [6.45, 7) is 0.650. The summed E-state index contributed by atoms with van der Waals surface area (Å²) in [4.78, 5) is 13.8. The first kappa shape index (κ1) is 17.2. The summed E-state index contributed by atoms with van der Waals surface area (Å²) in [5, 5.41) is 7.17. The fourth-order valence-electron chi connectivity index (χ4n) is 2.12. The Bertz CT molecular complexity index is 781. The summed E-state index contributed by atoms with van der Waals surface area (Å²) in [5.41, 5.74) is 2.25. The molecule has 0 fully saturated rings. The van der Waals surface area contributed by atoms with Crippen molar-refractivity contribution >= 4 is 40.3 Å². The predicted molar refractivity (Wildman–Crippen MR) is 103 cm³/mol. The van der Waals surface area contributed by atoms with Gasteiger partial charge in [-0.3, -0.25) is 4.79 Å². The van der Waals surface area contributed by atoms with Gasteiger partial charge in [0.2, 0.25) is 0 Å². The van der Waals surface area contributed by atoms with Crippen LogP contribution < -0.4 is 5.32 Å². The van der Waals surface area contributed by atoms with Crippen molar-refractivity contribution in [1.29, 1.82) is 0 Å². The van der Waals surface area contributed by atoms with Crippen LogP contribution in [0, 0.1) is 5.82 Å². The average Bonchev–Trinajstić information content (AvgIpc) is 3.27. The van der Waals surface area contributed by atoms with Crippen LogP contribution in [0.2, 0.25) is 0 Å². The van der Waals surface area contributed by atoms with Gasteiger partial charge in [0.15, 0.2) is 0 Å². The highest BCUT2D eigenvalue weighted by Crippen LogP contribution is 2.28. The Kier molecular flexibility index (Phi) is 6.07. The molecular formula is C18H16FNOS3. The third-order valence-electron chi connectivity index (χ3n) is 3.34. The maximum absolute atomic E-state index is 13.0. The summed E-state index contributed by atoms with van der Waals surface area (Å²) in [7, 11) is 0. The zero-order valence-corrected chi connectivity index (χ0v) is 15.3. The van der Waals surface area contributed by atoms with Gasteiger partial charge in [0.05, 0.1) is 4.88 Å². The van der Waals surface area contributed by atoms with Crippen LogP contribution in [-0.2, 0) is 5.75 Å². The van der Waals surface area contributed by atoms with Crippen molar-refractivity contribution in [3.8, 4) is 10.4 Å². The number of hydrogen-bond donors (Lipinski definition) is 1. The van der Waals surface area contributed by atoms with Gasteiger partial charge in [0, 0.05) is 22.9 Å². The van der Waals surface area contributed by atoms with Crippen molar-refractivity contribution in [3.63, 3.8) is 0 Å². The molecule has 0 radical (unpaired) electrons. The molecular weight excluding hydrogens is 361 g/mol. The summed E-state index contributed by atoms with van der Waals surface area (Å²) in [5.74, 6) is 1.56. The molecule has 6 heteroatoms. The zero-order valence-electron chi connectivity index (χ0n) is 12.8. The normalized spacial score (nSPS) is 10.7. The van der Waals surface area contributed by atoms with E-state index >= 15 is 0 Å². The maximum atomic E-state index is 13.0. The van der Waals surface area contributed by atoms with E-state index in [0.717, 1.165) is 21.9 Å². The number of carbonyl (C=O) groups is 1. The van der Waals surface area contributed by atoms with Gasteiger partial charge in [-0.1, -0.05) is 12.1 Å². The van der Waals surface area contributed by atoms with Crippen molar-refractivity contribution in [2.24, 2.45) is 0 Å². The van der Waals surface area contributed by atoms with E-state index in [4.69, 9.17) is 0 Å². The lowest BCUT2D eigenvalue weighted by Crippen LogP contribution is -2.24. The largest absolute Gasteiger partial charge is 0.351 e. The molecule has 2 aromatic heterocycles. The first-order valence-electron chi connectivity index (χ1n) is 7.45. The number of thiophene rings is 2. The average molecular weight is 378 g/mol. The Morgan fingerprint density at radius 3 is 2.71 bits per heavy atom. The van der Waals surface area contributed by atoms with Crippen molar-refractivity contribution in [3.05, 3.63) is 69.5 Å². The molecule has 0 spiro atoms. The Hall–Kier alpha value is -1.63. The second kappa shape index (κ2) is 8.46. The fourth-order valence-corrected chi connectivity index (χ4v) is 4.63. The van der Waals surface area contributed by atoms with E-state index in [-0.39, 0.29) is 11.7 Å². The minimum Gasteiger partial charge on any atom is -0.351 e. The topological polar surface area (TPSA) is 29.1 Å². The highest BCUT2D eigenvalue weighted by Gasteiger charge is 2.10. The summed E-state index contributed by atoms with van der Waals surface area (Å²) in [6.07, 6.45) is 0. The minimum absolute atomic E-state index is 0.0514. The molecule has 0 saturated heterocycles. The first-order chi connectivity index (χ1) is 11.7. The van der Waals surface area contributed by atoms with E-state index < -0.39 is 0 Å². The number of thioether (sulfide) groups is 1. The lowest BCUT2D eigenvalue weighted by Gasteiger charge is -2.03. The molecule has 0 aliphatic heterocycles. The van der Waals surface area contributed by atoms with E-state index in [1.165, 1.54) is 29.0 Å². The minimum atomic E-state index is -0.256. The standard InChI is InChI=1S/C18H16FNOS3/c19-15-3-1-14(2-4-15)16-5-6-17(24-16)18(21)20-8-10-23-12-13-7-9-22-11-13/h1-7,9,11H,8,10,12H2,(H,20,21). The highest BCUT2D eigenvalue weighted by molar-refractivity contribution is 7.98. The molecule has 3 aromatic rings. The van der Waals surface area contributed by atoms with Crippen LogP contribution >= 0.6 is 34.4 Å². The molecule has 0 bridgehead atoms. The molecule has 2 heterocycles. The molecule has 0 saturated carbocycles. The summed E-state index contributed by atoms with van der Waals surface area (Å²) >= 11 is 4.94. The Balaban J connectivity index is 1.46. The molecule has 2 nitrogen and oxygen atoms in total. The number of benzene rings is 1. The van der Waals surface area contributed by atoms with E-state index in [1.54, 1.807) is 23.5 Å². The van der Waals surface area contributed by atoms with Gasteiger partial charge in [-0.15, -0.1) is 11.3 Å². The smallest absolute Gasteiger partial charge is 0.261 e. The number of hydrogen-bond acceptors (Lipinski definition) is 4. The van der Waals surface area contributed by atoms with Gasteiger partial charge in [-0.25, -0.2) is 4.39 Å². The summed E-state index contributed by atoms with van der Waals surface area (Å²) in [6, 6.07) is 12.2. The number of rotatable bonds is 7. The lowest BCUT2D eigenvalue weighted by molar-refractivity contribution is 0.0960. The Morgan fingerprint density at radius 1 is 1.12 bits per heavy atom. The number of carbonyl (C=O) groups excluding carboxylic acids is 1. The molecule has 0 atom stereocenters. The van der Waals surface area contributed by atoms with E-state index in [0.29, 0.717) is 11.4 Å². The van der Waals surface area contributed by atoms with Crippen LogP contribution in [0.1, 0.15) is 15.2 Å². The van der Waals surface area contributed by atoms with Crippen molar-refractivity contribution in [2.45, 2.75) is 5.75 Å².